The molecule has 3 rings (SSSR count). The summed E-state index contributed by atoms with van der Waals surface area (Å²) in [4.78, 5) is 25.5. The predicted octanol–water partition coefficient (Wildman–Crippen LogP) is 1.52. The van der Waals surface area contributed by atoms with Gasteiger partial charge in [-0.05, 0) is 35.9 Å². The van der Waals surface area contributed by atoms with Crippen molar-refractivity contribution in [3.63, 3.8) is 0 Å². The highest BCUT2D eigenvalue weighted by Gasteiger charge is 2.29. The Bertz CT molecular complexity index is 1090. The molecule has 2 aromatic rings. The topological polar surface area (TPSA) is 116 Å². The summed E-state index contributed by atoms with van der Waals surface area (Å²) in [6.45, 7) is 0.969. The molecule has 33 heavy (non-hydrogen) atoms. The molecule has 1 aliphatic rings. The molecular formula is C22H26N2O8S. The number of carbonyl (C=O) groups excluding carboxylic acids is 2. The zero-order valence-electron chi connectivity index (χ0n) is 18.4. The van der Waals surface area contributed by atoms with Crippen molar-refractivity contribution in [3.05, 3.63) is 54.0 Å². The molecule has 2 heterocycles. The van der Waals surface area contributed by atoms with Crippen LogP contribution in [0.15, 0.2) is 52.0 Å². The lowest BCUT2D eigenvalue weighted by atomic mass is 10.2. The minimum absolute atomic E-state index is 0.00264. The van der Waals surface area contributed by atoms with Gasteiger partial charge in [0, 0.05) is 26.2 Å². The Labute approximate surface area is 192 Å². The van der Waals surface area contributed by atoms with Crippen molar-refractivity contribution in [1.29, 1.82) is 0 Å². The number of carbonyl (C=O) groups is 2. The van der Waals surface area contributed by atoms with Gasteiger partial charge < -0.3 is 23.5 Å². The van der Waals surface area contributed by atoms with Gasteiger partial charge >= 0.3 is 5.97 Å². The summed E-state index contributed by atoms with van der Waals surface area (Å²) < 4.78 is 48.0. The maximum atomic E-state index is 13.0. The Morgan fingerprint density at radius 2 is 1.97 bits per heavy atom. The summed E-state index contributed by atoms with van der Waals surface area (Å²) in [6, 6.07) is 8.01. The molecule has 178 valence electrons. The number of methoxy groups -OCH3 is 1. The van der Waals surface area contributed by atoms with Crippen molar-refractivity contribution >= 4 is 28.0 Å². The highest BCUT2D eigenvalue weighted by Crippen LogP contribution is 2.28. The second kappa shape index (κ2) is 11.1. The first kappa shape index (κ1) is 24.5. The van der Waals surface area contributed by atoms with Gasteiger partial charge in [-0.1, -0.05) is 6.07 Å². The van der Waals surface area contributed by atoms with Crippen LogP contribution in [0.2, 0.25) is 0 Å². The lowest BCUT2D eigenvalue weighted by Crippen LogP contribution is -2.40. The average molecular weight is 479 g/mol. The number of morpholine rings is 1. The van der Waals surface area contributed by atoms with Gasteiger partial charge in [0.05, 0.1) is 33.1 Å². The van der Waals surface area contributed by atoms with Crippen LogP contribution in [-0.2, 0) is 35.6 Å². The molecule has 11 heteroatoms. The van der Waals surface area contributed by atoms with Gasteiger partial charge in [0.15, 0.2) is 6.61 Å². The summed E-state index contributed by atoms with van der Waals surface area (Å²) in [6.07, 6.45) is 4.05. The van der Waals surface area contributed by atoms with E-state index in [4.69, 9.17) is 18.6 Å². The molecule has 10 nitrogen and oxygen atoms in total. The van der Waals surface area contributed by atoms with E-state index >= 15 is 0 Å². The molecule has 0 aliphatic carbocycles. The van der Waals surface area contributed by atoms with E-state index in [1.54, 1.807) is 25.2 Å². The van der Waals surface area contributed by atoms with Crippen LogP contribution in [0.4, 0.5) is 0 Å². The molecule has 1 saturated heterocycles. The van der Waals surface area contributed by atoms with Crippen LogP contribution in [0.1, 0.15) is 11.3 Å². The van der Waals surface area contributed by atoms with Crippen molar-refractivity contribution in [2.75, 3.05) is 47.1 Å². The fourth-order valence-electron chi connectivity index (χ4n) is 3.10. The summed E-state index contributed by atoms with van der Waals surface area (Å²) in [5.41, 5.74) is 0.459. The molecule has 1 amide bonds. The first-order valence-corrected chi connectivity index (χ1v) is 11.6. The quantitative estimate of drug-likeness (QED) is 0.394. The summed E-state index contributed by atoms with van der Waals surface area (Å²) >= 11 is 0. The Balaban J connectivity index is 1.62. The third-order valence-corrected chi connectivity index (χ3v) is 6.84. The molecule has 0 N–H and O–H groups in total. The fraction of sp³-hybridized carbons (Fsp3) is 0.364. The van der Waals surface area contributed by atoms with E-state index < -0.39 is 28.5 Å². The minimum Gasteiger partial charge on any atom is -0.495 e. The van der Waals surface area contributed by atoms with Gasteiger partial charge in [-0.2, -0.15) is 4.31 Å². The van der Waals surface area contributed by atoms with Crippen molar-refractivity contribution < 1.29 is 36.6 Å². The number of esters is 1. The Morgan fingerprint density at radius 3 is 2.64 bits per heavy atom. The molecule has 0 radical (unpaired) electrons. The third kappa shape index (κ3) is 6.44. The Kier molecular flexibility index (Phi) is 8.26. The fourth-order valence-corrected chi connectivity index (χ4v) is 4.70. The van der Waals surface area contributed by atoms with Crippen LogP contribution < -0.4 is 4.74 Å². The first-order chi connectivity index (χ1) is 15.8. The van der Waals surface area contributed by atoms with Crippen molar-refractivity contribution in [3.8, 4) is 5.75 Å². The molecule has 1 fully saturated rings. The molecule has 1 aliphatic heterocycles. The average Bonchev–Trinajstić information content (AvgIpc) is 3.34. The van der Waals surface area contributed by atoms with Crippen molar-refractivity contribution in [2.24, 2.45) is 0 Å². The van der Waals surface area contributed by atoms with Crippen molar-refractivity contribution in [2.45, 2.75) is 11.4 Å². The summed E-state index contributed by atoms with van der Waals surface area (Å²) in [5, 5.41) is 0. The number of sulfonamides is 1. The number of likely N-dealkylation sites (N-methyl/N-ethyl adjacent to an activating group) is 1. The second-order valence-corrected chi connectivity index (χ2v) is 9.10. The number of amides is 1. The first-order valence-electron chi connectivity index (χ1n) is 10.2. The lowest BCUT2D eigenvalue weighted by molar-refractivity contribution is -0.147. The SMILES string of the molecule is COc1ccc(/C=C/C(=O)OCC(=O)N(C)Cc2ccco2)cc1S(=O)(=O)N1CCOCC1. The molecular weight excluding hydrogens is 452 g/mol. The Hall–Kier alpha value is -3.15. The van der Waals surface area contributed by atoms with E-state index in [1.165, 1.54) is 40.8 Å². The largest absolute Gasteiger partial charge is 0.495 e. The van der Waals surface area contributed by atoms with Crippen LogP contribution >= 0.6 is 0 Å². The van der Waals surface area contributed by atoms with Crippen molar-refractivity contribution in [1.82, 2.24) is 9.21 Å². The van der Waals surface area contributed by atoms with E-state index in [2.05, 4.69) is 0 Å². The van der Waals surface area contributed by atoms with E-state index in [9.17, 15) is 18.0 Å². The van der Waals surface area contributed by atoms with Gasteiger partial charge in [-0.3, -0.25) is 4.79 Å². The van der Waals surface area contributed by atoms with E-state index in [1.807, 2.05) is 0 Å². The minimum atomic E-state index is -3.80. The number of hydrogen-bond acceptors (Lipinski definition) is 8. The van der Waals surface area contributed by atoms with Gasteiger partial charge in [0.2, 0.25) is 10.0 Å². The number of ether oxygens (including phenoxy) is 3. The highest BCUT2D eigenvalue weighted by atomic mass is 32.2. The lowest BCUT2D eigenvalue weighted by Gasteiger charge is -2.26. The molecule has 1 aromatic heterocycles. The maximum absolute atomic E-state index is 13.0. The highest BCUT2D eigenvalue weighted by molar-refractivity contribution is 7.89. The molecule has 0 spiro atoms. The van der Waals surface area contributed by atoms with Crippen LogP contribution in [0.3, 0.4) is 0 Å². The van der Waals surface area contributed by atoms with Gasteiger partial charge in [-0.15, -0.1) is 0 Å². The summed E-state index contributed by atoms with van der Waals surface area (Å²) in [5.74, 6) is -0.314. The zero-order valence-corrected chi connectivity index (χ0v) is 19.2. The zero-order chi connectivity index (χ0) is 23.8. The second-order valence-electron chi connectivity index (χ2n) is 7.20. The number of benzene rings is 1. The normalized spacial score (nSPS) is 14.8. The Morgan fingerprint density at radius 1 is 1.21 bits per heavy atom. The molecule has 0 atom stereocenters. The smallest absolute Gasteiger partial charge is 0.331 e. The van der Waals surface area contributed by atoms with E-state index in [0.29, 0.717) is 24.5 Å². The molecule has 0 unspecified atom stereocenters. The van der Waals surface area contributed by atoms with Gasteiger partial charge in [0.25, 0.3) is 5.91 Å². The number of nitrogens with zero attached hydrogens (tertiary/aromatic N) is 2. The molecule has 0 bridgehead atoms. The van der Waals surface area contributed by atoms with Crippen LogP contribution in [-0.4, -0.2) is 76.6 Å². The van der Waals surface area contributed by atoms with Gasteiger partial charge in [0.1, 0.15) is 16.4 Å². The predicted molar refractivity (Wildman–Crippen MR) is 118 cm³/mol. The standard InChI is InChI=1S/C22H26N2O8S/c1-23(15-18-4-3-11-31-18)21(25)16-32-22(26)8-6-17-5-7-19(29-2)20(14-17)33(27,28)24-9-12-30-13-10-24/h3-8,11,14H,9-10,12-13,15-16H2,1-2H3/b8-6+. The number of hydrogen-bond donors (Lipinski definition) is 0. The monoisotopic (exact) mass is 478 g/mol. The number of furan rings is 1. The van der Waals surface area contributed by atoms with Crippen LogP contribution in [0.25, 0.3) is 6.08 Å². The van der Waals surface area contributed by atoms with E-state index in [0.717, 1.165) is 6.08 Å². The molecule has 1 aromatic carbocycles. The summed E-state index contributed by atoms with van der Waals surface area (Å²) in [7, 11) is -0.837. The van der Waals surface area contributed by atoms with E-state index in [-0.39, 0.29) is 30.3 Å². The van der Waals surface area contributed by atoms with Crippen LogP contribution in [0.5, 0.6) is 5.75 Å². The van der Waals surface area contributed by atoms with Gasteiger partial charge in [-0.25, -0.2) is 13.2 Å². The maximum Gasteiger partial charge on any atom is 0.331 e. The third-order valence-electron chi connectivity index (χ3n) is 4.92. The van der Waals surface area contributed by atoms with Crippen LogP contribution in [0, 0.1) is 0 Å². The number of rotatable bonds is 9. The molecule has 0 saturated carbocycles.